The maximum atomic E-state index is 12.5. The van der Waals surface area contributed by atoms with E-state index in [0.717, 1.165) is 21.3 Å². The Hall–Kier alpha value is -1.49. The quantitative estimate of drug-likeness (QED) is 0.543. The lowest BCUT2D eigenvalue weighted by atomic mass is 10.1. The van der Waals surface area contributed by atoms with Crippen molar-refractivity contribution in [3.63, 3.8) is 0 Å². The number of benzene rings is 1. The van der Waals surface area contributed by atoms with Crippen LogP contribution in [0.4, 0.5) is 0 Å². The molecule has 24 heavy (non-hydrogen) atoms. The maximum Gasteiger partial charge on any atom is 0.355 e. The van der Waals surface area contributed by atoms with Gasteiger partial charge in [0.25, 0.3) is 0 Å². The van der Waals surface area contributed by atoms with Gasteiger partial charge in [0.05, 0.1) is 16.8 Å². The number of ether oxygens (including phenoxy) is 1. The van der Waals surface area contributed by atoms with Crippen molar-refractivity contribution in [2.45, 2.75) is 25.7 Å². The zero-order valence-corrected chi connectivity index (χ0v) is 15.3. The predicted octanol–water partition coefficient (Wildman–Crippen LogP) is 6.26. The van der Waals surface area contributed by atoms with Gasteiger partial charge in [0.15, 0.2) is 0 Å². The summed E-state index contributed by atoms with van der Waals surface area (Å²) in [6, 6.07) is 5.34. The molecule has 1 aliphatic carbocycles. The van der Waals surface area contributed by atoms with Crippen molar-refractivity contribution < 1.29 is 9.53 Å². The number of aromatic nitrogens is 1. The van der Waals surface area contributed by atoms with Crippen LogP contribution in [0, 0.1) is 0 Å². The van der Waals surface area contributed by atoms with Gasteiger partial charge >= 0.3 is 5.97 Å². The van der Waals surface area contributed by atoms with Crippen molar-refractivity contribution in [1.82, 2.24) is 4.98 Å². The van der Waals surface area contributed by atoms with Crippen molar-refractivity contribution in [3.05, 3.63) is 44.9 Å². The zero-order valence-electron chi connectivity index (χ0n) is 13.0. The number of nitrogens with one attached hydrogen (secondary N) is 1. The minimum absolute atomic E-state index is 0.330. The molecule has 3 nitrogen and oxygen atoms in total. The van der Waals surface area contributed by atoms with E-state index in [9.17, 15) is 4.79 Å². The highest BCUT2D eigenvalue weighted by molar-refractivity contribution is 7.18. The standard InChI is InChI=1S/C18H15Cl2NO2S/c1-2-23-18(22)16-14(10-5-11(19)7-12(20)6-10)17-15(21-16)13(8-24-17)9-3-4-9/h5-9,21H,2-4H2,1H3. The number of carbonyl (C=O) groups excluding carboxylic acids is 1. The lowest BCUT2D eigenvalue weighted by Crippen LogP contribution is -2.06. The van der Waals surface area contributed by atoms with Crippen LogP contribution in [0.2, 0.25) is 10.0 Å². The molecule has 2 aromatic heterocycles. The number of halogens is 2. The van der Waals surface area contributed by atoms with Crippen molar-refractivity contribution in [2.24, 2.45) is 0 Å². The Bertz CT molecular complexity index is 920. The first-order valence-electron chi connectivity index (χ1n) is 7.85. The average Bonchev–Trinajstić information content (AvgIpc) is 3.16. The fourth-order valence-electron chi connectivity index (χ4n) is 3.01. The highest BCUT2D eigenvalue weighted by Crippen LogP contribution is 2.48. The molecular weight excluding hydrogens is 365 g/mol. The largest absolute Gasteiger partial charge is 0.461 e. The summed E-state index contributed by atoms with van der Waals surface area (Å²) in [4.78, 5) is 15.8. The Kier molecular flexibility index (Phi) is 4.07. The van der Waals surface area contributed by atoms with Crippen molar-refractivity contribution in [3.8, 4) is 11.1 Å². The Labute approximate surface area is 153 Å². The molecule has 1 aliphatic rings. The van der Waals surface area contributed by atoms with E-state index in [4.69, 9.17) is 27.9 Å². The second-order valence-corrected chi connectivity index (χ2v) is 7.68. The smallest absolute Gasteiger partial charge is 0.355 e. The Morgan fingerprint density at radius 2 is 2.00 bits per heavy atom. The zero-order chi connectivity index (χ0) is 16.8. The summed E-state index contributed by atoms with van der Waals surface area (Å²) in [7, 11) is 0. The van der Waals surface area contributed by atoms with E-state index < -0.39 is 0 Å². The normalized spacial score (nSPS) is 14.3. The minimum Gasteiger partial charge on any atom is -0.461 e. The topological polar surface area (TPSA) is 42.1 Å². The van der Waals surface area contributed by atoms with Gasteiger partial charge in [0.2, 0.25) is 0 Å². The number of thiophene rings is 1. The average molecular weight is 380 g/mol. The molecule has 1 aromatic carbocycles. The molecule has 0 amide bonds. The molecule has 0 aliphatic heterocycles. The van der Waals surface area contributed by atoms with Crippen LogP contribution in [-0.4, -0.2) is 17.6 Å². The molecule has 124 valence electrons. The van der Waals surface area contributed by atoms with Gasteiger partial charge in [-0.1, -0.05) is 23.2 Å². The van der Waals surface area contributed by atoms with Crippen LogP contribution in [0.15, 0.2) is 23.6 Å². The third kappa shape index (κ3) is 2.73. The molecule has 1 saturated carbocycles. The van der Waals surface area contributed by atoms with E-state index in [-0.39, 0.29) is 5.97 Å². The van der Waals surface area contributed by atoms with Gasteiger partial charge in [-0.25, -0.2) is 4.79 Å². The number of hydrogen-bond donors (Lipinski definition) is 1. The summed E-state index contributed by atoms with van der Waals surface area (Å²) in [5.74, 6) is 0.247. The summed E-state index contributed by atoms with van der Waals surface area (Å²) in [6.07, 6.45) is 2.41. The van der Waals surface area contributed by atoms with Crippen LogP contribution in [0.1, 0.15) is 41.7 Å². The first-order valence-corrected chi connectivity index (χ1v) is 9.48. The van der Waals surface area contributed by atoms with Gasteiger partial charge in [-0.05, 0) is 60.4 Å². The number of rotatable bonds is 4. The molecule has 4 rings (SSSR count). The third-order valence-corrected chi connectivity index (χ3v) is 5.65. The van der Waals surface area contributed by atoms with Gasteiger partial charge in [-0.2, -0.15) is 0 Å². The van der Waals surface area contributed by atoms with E-state index in [0.29, 0.717) is 28.3 Å². The van der Waals surface area contributed by atoms with Gasteiger partial charge in [-0.3, -0.25) is 0 Å². The Morgan fingerprint density at radius 1 is 1.29 bits per heavy atom. The highest BCUT2D eigenvalue weighted by Gasteiger charge is 2.30. The summed E-state index contributed by atoms with van der Waals surface area (Å²) in [5, 5.41) is 3.27. The number of carbonyl (C=O) groups is 1. The first kappa shape index (κ1) is 16.0. The number of esters is 1. The molecule has 0 atom stereocenters. The number of hydrogen-bond acceptors (Lipinski definition) is 3. The molecule has 0 saturated heterocycles. The summed E-state index contributed by atoms with van der Waals surface area (Å²) in [5.41, 5.74) is 4.45. The van der Waals surface area contributed by atoms with E-state index >= 15 is 0 Å². The summed E-state index contributed by atoms with van der Waals surface area (Å²) < 4.78 is 6.29. The molecule has 3 aromatic rings. The van der Waals surface area contributed by atoms with Crippen molar-refractivity contribution in [1.29, 1.82) is 0 Å². The number of aromatic amines is 1. The fraction of sp³-hybridized carbons (Fsp3) is 0.278. The van der Waals surface area contributed by atoms with Crippen LogP contribution in [0.5, 0.6) is 0 Å². The Morgan fingerprint density at radius 3 is 2.62 bits per heavy atom. The van der Waals surface area contributed by atoms with Crippen LogP contribution >= 0.6 is 34.5 Å². The second-order valence-electron chi connectivity index (χ2n) is 5.92. The van der Waals surface area contributed by atoms with Crippen LogP contribution in [-0.2, 0) is 4.74 Å². The molecule has 1 N–H and O–H groups in total. The number of H-pyrrole nitrogens is 1. The van der Waals surface area contributed by atoms with E-state index in [1.54, 1.807) is 24.3 Å². The van der Waals surface area contributed by atoms with E-state index in [2.05, 4.69) is 10.4 Å². The number of fused-ring (bicyclic) bond motifs is 1. The monoisotopic (exact) mass is 379 g/mol. The van der Waals surface area contributed by atoms with Crippen LogP contribution in [0.25, 0.3) is 21.3 Å². The first-order chi connectivity index (χ1) is 11.6. The molecule has 0 bridgehead atoms. The lowest BCUT2D eigenvalue weighted by Gasteiger charge is -2.06. The molecular formula is C18H15Cl2NO2S. The minimum atomic E-state index is -0.353. The maximum absolute atomic E-state index is 12.5. The molecule has 0 radical (unpaired) electrons. The molecule has 1 fully saturated rings. The second kappa shape index (κ2) is 6.10. The summed E-state index contributed by atoms with van der Waals surface area (Å²) >= 11 is 14.0. The fourth-order valence-corrected chi connectivity index (χ4v) is 4.72. The lowest BCUT2D eigenvalue weighted by molar-refractivity contribution is 0.0521. The summed E-state index contributed by atoms with van der Waals surface area (Å²) in [6.45, 7) is 2.13. The molecule has 0 spiro atoms. The third-order valence-electron chi connectivity index (χ3n) is 4.19. The van der Waals surface area contributed by atoms with Gasteiger partial charge in [0, 0.05) is 15.6 Å². The van der Waals surface area contributed by atoms with Gasteiger partial charge in [0.1, 0.15) is 5.69 Å². The highest BCUT2D eigenvalue weighted by atomic mass is 35.5. The van der Waals surface area contributed by atoms with E-state index in [1.165, 1.54) is 18.4 Å². The SMILES string of the molecule is CCOC(=O)c1[nH]c2c(C3CC3)csc2c1-c1cc(Cl)cc(Cl)c1. The van der Waals surface area contributed by atoms with E-state index in [1.807, 2.05) is 12.1 Å². The molecule has 6 heteroatoms. The van der Waals surface area contributed by atoms with Crippen LogP contribution < -0.4 is 0 Å². The van der Waals surface area contributed by atoms with Crippen molar-refractivity contribution >= 4 is 50.7 Å². The van der Waals surface area contributed by atoms with Crippen LogP contribution in [0.3, 0.4) is 0 Å². The van der Waals surface area contributed by atoms with Gasteiger partial charge < -0.3 is 9.72 Å². The molecule has 2 heterocycles. The Balaban J connectivity index is 1.96. The van der Waals surface area contributed by atoms with Crippen molar-refractivity contribution in [2.75, 3.05) is 6.61 Å². The predicted molar refractivity (Wildman–Crippen MR) is 99.6 cm³/mol. The molecule has 0 unspecified atom stereocenters. The van der Waals surface area contributed by atoms with Gasteiger partial charge in [-0.15, -0.1) is 11.3 Å².